The summed E-state index contributed by atoms with van der Waals surface area (Å²) in [5.41, 5.74) is 2.70. The number of aromatic nitrogens is 2. The molecule has 0 aliphatic rings. The Morgan fingerprint density at radius 2 is 2.11 bits per heavy atom. The molecule has 0 amide bonds. The van der Waals surface area contributed by atoms with E-state index in [0.717, 1.165) is 34.3 Å². The smallest absolute Gasteiger partial charge is 0.224 e. The van der Waals surface area contributed by atoms with Crippen LogP contribution in [0.2, 0.25) is 0 Å². The molecule has 4 heteroatoms. The van der Waals surface area contributed by atoms with Crippen molar-refractivity contribution in [3.63, 3.8) is 0 Å². The molecule has 90 valence electrons. The van der Waals surface area contributed by atoms with Crippen LogP contribution < -0.4 is 0 Å². The van der Waals surface area contributed by atoms with Gasteiger partial charge in [0.1, 0.15) is 6.07 Å². The highest BCUT2D eigenvalue weighted by Crippen LogP contribution is 2.22. The van der Waals surface area contributed by atoms with Crippen LogP contribution in [0.3, 0.4) is 0 Å². The Kier molecular flexibility index (Phi) is 4.06. The first kappa shape index (κ1) is 12.7. The molecule has 0 aliphatic carbocycles. The van der Waals surface area contributed by atoms with Crippen molar-refractivity contribution in [1.82, 2.24) is 9.97 Å². The van der Waals surface area contributed by atoms with Gasteiger partial charge in [0.25, 0.3) is 0 Å². The summed E-state index contributed by atoms with van der Waals surface area (Å²) in [5.74, 6) is 0.232. The predicted molar refractivity (Wildman–Crippen MR) is 73.9 cm³/mol. The van der Waals surface area contributed by atoms with Gasteiger partial charge in [-0.05, 0) is 24.6 Å². The molecule has 18 heavy (non-hydrogen) atoms. The molecule has 1 aromatic carbocycles. The van der Waals surface area contributed by atoms with Crippen LogP contribution in [0.1, 0.15) is 24.9 Å². The van der Waals surface area contributed by atoms with Crippen molar-refractivity contribution in [1.29, 1.82) is 5.26 Å². The van der Waals surface area contributed by atoms with Gasteiger partial charge in [-0.15, -0.1) is 0 Å². The molecule has 3 nitrogen and oxygen atoms in total. The minimum Gasteiger partial charge on any atom is -0.224 e. The summed E-state index contributed by atoms with van der Waals surface area (Å²) in [6.45, 7) is 2.09. The zero-order valence-electron chi connectivity index (χ0n) is 10.0. The minimum atomic E-state index is 0.232. The minimum absolute atomic E-state index is 0.232. The lowest BCUT2D eigenvalue weighted by Crippen LogP contribution is -1.98. The van der Waals surface area contributed by atoms with E-state index >= 15 is 0 Å². The summed E-state index contributed by atoms with van der Waals surface area (Å²) in [6.07, 6.45) is 1.86. The van der Waals surface area contributed by atoms with Crippen molar-refractivity contribution < 1.29 is 0 Å². The maximum Gasteiger partial charge on any atom is 0.232 e. The fourth-order valence-electron chi connectivity index (χ4n) is 1.73. The normalized spacial score (nSPS) is 10.1. The molecule has 0 radical (unpaired) electrons. The second-order valence-corrected chi connectivity index (χ2v) is 4.86. The van der Waals surface area contributed by atoms with Crippen molar-refractivity contribution in [3.8, 4) is 17.3 Å². The second kappa shape index (κ2) is 5.74. The molecule has 0 atom stereocenters. The quantitative estimate of drug-likeness (QED) is 0.868. The van der Waals surface area contributed by atoms with Crippen LogP contribution in [-0.4, -0.2) is 9.97 Å². The standard InChI is InChI=1S/C14H12BrN3/c1-2-4-12-8-13(18-14(9-16)17-12)10-5-3-6-11(15)7-10/h3,5-8H,2,4H2,1H3. The van der Waals surface area contributed by atoms with Crippen LogP contribution in [0.5, 0.6) is 0 Å². The van der Waals surface area contributed by atoms with E-state index in [0.29, 0.717) is 0 Å². The van der Waals surface area contributed by atoms with E-state index < -0.39 is 0 Å². The Bertz CT molecular complexity index is 602. The average molecular weight is 302 g/mol. The topological polar surface area (TPSA) is 49.6 Å². The summed E-state index contributed by atoms with van der Waals surface area (Å²) >= 11 is 3.44. The maximum atomic E-state index is 8.97. The van der Waals surface area contributed by atoms with E-state index in [-0.39, 0.29) is 5.82 Å². The molecular weight excluding hydrogens is 290 g/mol. The Morgan fingerprint density at radius 1 is 1.28 bits per heavy atom. The van der Waals surface area contributed by atoms with Gasteiger partial charge in [0.05, 0.1) is 5.69 Å². The van der Waals surface area contributed by atoms with Crippen LogP contribution >= 0.6 is 15.9 Å². The SMILES string of the molecule is CCCc1cc(-c2cccc(Br)c2)nc(C#N)n1. The summed E-state index contributed by atoms with van der Waals surface area (Å²) in [4.78, 5) is 8.46. The van der Waals surface area contributed by atoms with Gasteiger partial charge < -0.3 is 0 Å². The third-order valence-electron chi connectivity index (χ3n) is 2.51. The highest BCUT2D eigenvalue weighted by Gasteiger charge is 2.06. The van der Waals surface area contributed by atoms with Gasteiger partial charge in [-0.3, -0.25) is 0 Å². The lowest BCUT2D eigenvalue weighted by Gasteiger charge is -2.05. The summed E-state index contributed by atoms with van der Waals surface area (Å²) in [6, 6.07) is 11.8. The molecule has 0 N–H and O–H groups in total. The van der Waals surface area contributed by atoms with Crippen molar-refractivity contribution in [2.45, 2.75) is 19.8 Å². The van der Waals surface area contributed by atoms with Crippen LogP contribution in [0.25, 0.3) is 11.3 Å². The number of halogens is 1. The molecule has 1 heterocycles. The molecule has 2 rings (SSSR count). The van der Waals surface area contributed by atoms with Crippen molar-refractivity contribution in [2.24, 2.45) is 0 Å². The summed E-state index contributed by atoms with van der Waals surface area (Å²) < 4.78 is 0.995. The van der Waals surface area contributed by atoms with Crippen LogP contribution in [0, 0.1) is 11.3 Å². The van der Waals surface area contributed by atoms with Gasteiger partial charge in [-0.1, -0.05) is 41.4 Å². The highest BCUT2D eigenvalue weighted by atomic mass is 79.9. The molecule has 0 unspecified atom stereocenters. The molecule has 0 bridgehead atoms. The highest BCUT2D eigenvalue weighted by molar-refractivity contribution is 9.10. The zero-order valence-corrected chi connectivity index (χ0v) is 11.6. The number of nitriles is 1. The second-order valence-electron chi connectivity index (χ2n) is 3.94. The molecule has 0 saturated carbocycles. The van der Waals surface area contributed by atoms with Gasteiger partial charge in [-0.25, -0.2) is 9.97 Å². The van der Waals surface area contributed by atoms with E-state index in [1.807, 2.05) is 36.4 Å². The summed E-state index contributed by atoms with van der Waals surface area (Å²) in [7, 11) is 0. The van der Waals surface area contributed by atoms with E-state index in [4.69, 9.17) is 5.26 Å². The monoisotopic (exact) mass is 301 g/mol. The van der Waals surface area contributed by atoms with E-state index in [1.54, 1.807) is 0 Å². The molecular formula is C14H12BrN3. The summed E-state index contributed by atoms with van der Waals surface area (Å²) in [5, 5.41) is 8.97. The Morgan fingerprint density at radius 3 is 2.78 bits per heavy atom. The number of rotatable bonds is 3. The number of nitrogens with zero attached hydrogens (tertiary/aromatic N) is 3. The molecule has 1 aromatic heterocycles. The Hall–Kier alpha value is -1.73. The first-order valence-electron chi connectivity index (χ1n) is 5.77. The van der Waals surface area contributed by atoms with Crippen LogP contribution in [0.15, 0.2) is 34.8 Å². The van der Waals surface area contributed by atoms with Gasteiger partial charge in [0.2, 0.25) is 5.82 Å². The number of benzene rings is 1. The van der Waals surface area contributed by atoms with E-state index in [2.05, 4.69) is 32.8 Å². The number of hydrogen-bond acceptors (Lipinski definition) is 3. The maximum absolute atomic E-state index is 8.97. The van der Waals surface area contributed by atoms with Gasteiger partial charge >= 0.3 is 0 Å². The number of aryl methyl sites for hydroxylation is 1. The van der Waals surface area contributed by atoms with Gasteiger partial charge in [0, 0.05) is 15.7 Å². The average Bonchev–Trinajstić information content (AvgIpc) is 2.39. The third-order valence-corrected chi connectivity index (χ3v) is 3.00. The Balaban J connectivity index is 2.50. The number of hydrogen-bond donors (Lipinski definition) is 0. The molecule has 0 fully saturated rings. The predicted octanol–water partition coefficient (Wildman–Crippen LogP) is 3.73. The van der Waals surface area contributed by atoms with E-state index in [9.17, 15) is 0 Å². The van der Waals surface area contributed by atoms with Crippen molar-refractivity contribution in [3.05, 3.63) is 46.3 Å². The lowest BCUT2D eigenvalue weighted by molar-refractivity contribution is 0.868. The van der Waals surface area contributed by atoms with Gasteiger partial charge in [0.15, 0.2) is 0 Å². The molecule has 0 saturated heterocycles. The van der Waals surface area contributed by atoms with Gasteiger partial charge in [-0.2, -0.15) is 5.26 Å². The fraction of sp³-hybridized carbons (Fsp3) is 0.214. The zero-order chi connectivity index (χ0) is 13.0. The first-order valence-corrected chi connectivity index (χ1v) is 6.56. The third kappa shape index (κ3) is 2.93. The van der Waals surface area contributed by atoms with Crippen molar-refractivity contribution in [2.75, 3.05) is 0 Å². The largest absolute Gasteiger partial charge is 0.232 e. The molecule has 2 aromatic rings. The van der Waals surface area contributed by atoms with Crippen LogP contribution in [0.4, 0.5) is 0 Å². The van der Waals surface area contributed by atoms with Crippen molar-refractivity contribution >= 4 is 15.9 Å². The fourth-order valence-corrected chi connectivity index (χ4v) is 2.13. The van der Waals surface area contributed by atoms with E-state index in [1.165, 1.54) is 0 Å². The lowest BCUT2D eigenvalue weighted by atomic mass is 10.1. The molecule has 0 spiro atoms. The Labute approximate surface area is 115 Å². The molecule has 0 aliphatic heterocycles. The first-order chi connectivity index (χ1) is 8.72. The van der Waals surface area contributed by atoms with Crippen LogP contribution in [-0.2, 0) is 6.42 Å².